The van der Waals surface area contributed by atoms with Crippen LogP contribution in [0, 0.1) is 10.5 Å². The SMILES string of the molecule is COc1ccc(OC)c(C(C)Nc2ccc(C)c(I)c2)c1. The smallest absolute Gasteiger partial charge is 0.124 e. The van der Waals surface area contributed by atoms with Crippen molar-refractivity contribution >= 4 is 28.3 Å². The Bertz CT molecular complexity index is 628. The van der Waals surface area contributed by atoms with E-state index in [4.69, 9.17) is 9.47 Å². The fourth-order valence-corrected chi connectivity index (χ4v) is 2.70. The van der Waals surface area contributed by atoms with Gasteiger partial charge in [-0.15, -0.1) is 0 Å². The Morgan fingerprint density at radius 3 is 2.43 bits per heavy atom. The standard InChI is InChI=1S/C17H20INO2/c1-11-5-6-13(9-16(11)18)19-12(2)15-10-14(20-3)7-8-17(15)21-4/h5-10,12,19H,1-4H3. The first-order valence-electron chi connectivity index (χ1n) is 6.79. The van der Waals surface area contributed by atoms with E-state index >= 15 is 0 Å². The van der Waals surface area contributed by atoms with Crippen LogP contribution in [0.3, 0.4) is 0 Å². The molecule has 1 unspecified atom stereocenters. The molecular weight excluding hydrogens is 377 g/mol. The Balaban J connectivity index is 2.26. The lowest BCUT2D eigenvalue weighted by atomic mass is 10.1. The van der Waals surface area contributed by atoms with Crippen molar-refractivity contribution in [2.24, 2.45) is 0 Å². The number of halogens is 1. The molecule has 0 heterocycles. The molecule has 0 aliphatic rings. The maximum absolute atomic E-state index is 5.45. The van der Waals surface area contributed by atoms with Crippen molar-refractivity contribution in [1.29, 1.82) is 0 Å². The molecule has 0 aliphatic heterocycles. The highest BCUT2D eigenvalue weighted by atomic mass is 127. The van der Waals surface area contributed by atoms with Crippen molar-refractivity contribution in [1.82, 2.24) is 0 Å². The monoisotopic (exact) mass is 397 g/mol. The first-order chi connectivity index (χ1) is 10.0. The predicted octanol–water partition coefficient (Wildman–Crippen LogP) is 4.79. The number of hydrogen-bond acceptors (Lipinski definition) is 3. The third-order valence-corrected chi connectivity index (χ3v) is 4.62. The van der Waals surface area contributed by atoms with Gasteiger partial charge in [-0.1, -0.05) is 6.07 Å². The van der Waals surface area contributed by atoms with Gasteiger partial charge in [-0.05, 0) is 72.3 Å². The summed E-state index contributed by atoms with van der Waals surface area (Å²) in [5.41, 5.74) is 3.46. The predicted molar refractivity (Wildman–Crippen MR) is 95.5 cm³/mol. The molecule has 1 N–H and O–H groups in total. The summed E-state index contributed by atoms with van der Waals surface area (Å²) in [6.45, 7) is 4.23. The van der Waals surface area contributed by atoms with Crippen molar-refractivity contribution in [2.75, 3.05) is 19.5 Å². The second-order valence-electron chi connectivity index (χ2n) is 4.94. The van der Waals surface area contributed by atoms with Crippen molar-refractivity contribution in [3.05, 3.63) is 51.1 Å². The van der Waals surface area contributed by atoms with E-state index in [1.807, 2.05) is 18.2 Å². The quantitative estimate of drug-likeness (QED) is 0.736. The van der Waals surface area contributed by atoms with Gasteiger partial charge in [0.1, 0.15) is 11.5 Å². The number of ether oxygens (including phenoxy) is 2. The Hall–Kier alpha value is -1.43. The van der Waals surface area contributed by atoms with Crippen LogP contribution in [0.15, 0.2) is 36.4 Å². The summed E-state index contributed by atoms with van der Waals surface area (Å²) in [7, 11) is 3.36. The Kier molecular flexibility index (Phi) is 5.33. The molecule has 4 heteroatoms. The molecule has 0 fully saturated rings. The molecule has 0 radical (unpaired) electrons. The molecule has 2 aromatic rings. The minimum atomic E-state index is 0.119. The minimum absolute atomic E-state index is 0.119. The average Bonchev–Trinajstić information content (AvgIpc) is 2.50. The van der Waals surface area contributed by atoms with E-state index in [-0.39, 0.29) is 6.04 Å². The van der Waals surface area contributed by atoms with Gasteiger partial charge in [-0.25, -0.2) is 0 Å². The molecule has 2 rings (SSSR count). The van der Waals surface area contributed by atoms with Gasteiger partial charge < -0.3 is 14.8 Å². The highest BCUT2D eigenvalue weighted by Gasteiger charge is 2.13. The number of nitrogens with one attached hydrogen (secondary N) is 1. The largest absolute Gasteiger partial charge is 0.497 e. The Morgan fingerprint density at radius 2 is 1.81 bits per heavy atom. The number of methoxy groups -OCH3 is 2. The van der Waals surface area contributed by atoms with Crippen molar-refractivity contribution in [3.63, 3.8) is 0 Å². The van der Waals surface area contributed by atoms with Crippen LogP contribution in [0.25, 0.3) is 0 Å². The van der Waals surface area contributed by atoms with Gasteiger partial charge in [0.2, 0.25) is 0 Å². The summed E-state index contributed by atoms with van der Waals surface area (Å²) in [6, 6.07) is 12.3. The number of anilines is 1. The van der Waals surface area contributed by atoms with Crippen LogP contribution < -0.4 is 14.8 Å². The maximum atomic E-state index is 5.45. The van der Waals surface area contributed by atoms with E-state index in [0.29, 0.717) is 0 Å². The molecule has 0 saturated carbocycles. The molecule has 3 nitrogen and oxygen atoms in total. The lowest BCUT2D eigenvalue weighted by Crippen LogP contribution is -2.08. The maximum Gasteiger partial charge on any atom is 0.124 e. The van der Waals surface area contributed by atoms with E-state index in [1.165, 1.54) is 9.13 Å². The first kappa shape index (κ1) is 15.9. The molecule has 0 spiro atoms. The second-order valence-corrected chi connectivity index (χ2v) is 6.10. The van der Waals surface area contributed by atoms with E-state index in [1.54, 1.807) is 14.2 Å². The molecule has 2 aromatic carbocycles. The molecule has 0 bridgehead atoms. The summed E-state index contributed by atoms with van der Waals surface area (Å²) in [6.07, 6.45) is 0. The molecule has 21 heavy (non-hydrogen) atoms. The van der Waals surface area contributed by atoms with Crippen LogP contribution in [-0.2, 0) is 0 Å². The normalized spacial score (nSPS) is 11.9. The molecule has 112 valence electrons. The van der Waals surface area contributed by atoms with Gasteiger partial charge in [-0.3, -0.25) is 0 Å². The summed E-state index contributed by atoms with van der Waals surface area (Å²) in [5.74, 6) is 1.69. The van der Waals surface area contributed by atoms with E-state index in [2.05, 4.69) is 60.0 Å². The third-order valence-electron chi connectivity index (χ3n) is 3.46. The highest BCUT2D eigenvalue weighted by molar-refractivity contribution is 14.1. The average molecular weight is 397 g/mol. The van der Waals surface area contributed by atoms with Gasteiger partial charge in [0.15, 0.2) is 0 Å². The topological polar surface area (TPSA) is 30.5 Å². The van der Waals surface area contributed by atoms with Gasteiger partial charge in [-0.2, -0.15) is 0 Å². The Morgan fingerprint density at radius 1 is 1.05 bits per heavy atom. The molecule has 0 aromatic heterocycles. The van der Waals surface area contributed by atoms with E-state index in [0.717, 1.165) is 22.7 Å². The van der Waals surface area contributed by atoms with Crippen LogP contribution >= 0.6 is 22.6 Å². The number of hydrogen-bond donors (Lipinski definition) is 1. The minimum Gasteiger partial charge on any atom is -0.497 e. The molecule has 1 atom stereocenters. The lowest BCUT2D eigenvalue weighted by Gasteiger charge is -2.19. The zero-order valence-corrected chi connectivity index (χ0v) is 14.9. The van der Waals surface area contributed by atoms with E-state index in [9.17, 15) is 0 Å². The summed E-state index contributed by atoms with van der Waals surface area (Å²) < 4.78 is 12.0. The fraction of sp³-hybridized carbons (Fsp3) is 0.294. The fourth-order valence-electron chi connectivity index (χ4n) is 2.19. The van der Waals surface area contributed by atoms with Gasteiger partial charge in [0.05, 0.1) is 20.3 Å². The third kappa shape index (κ3) is 3.81. The first-order valence-corrected chi connectivity index (χ1v) is 7.87. The van der Waals surface area contributed by atoms with Crippen LogP contribution in [-0.4, -0.2) is 14.2 Å². The van der Waals surface area contributed by atoms with E-state index < -0.39 is 0 Å². The highest BCUT2D eigenvalue weighted by Crippen LogP contribution is 2.31. The van der Waals surface area contributed by atoms with Crippen LogP contribution in [0.1, 0.15) is 24.1 Å². The Labute approximate surface area is 139 Å². The summed E-state index contributed by atoms with van der Waals surface area (Å²) in [4.78, 5) is 0. The number of benzene rings is 2. The molecule has 0 aliphatic carbocycles. The van der Waals surface area contributed by atoms with Crippen LogP contribution in [0.4, 0.5) is 5.69 Å². The number of aryl methyl sites for hydroxylation is 1. The molecular formula is C17H20INO2. The van der Waals surface area contributed by atoms with Gasteiger partial charge >= 0.3 is 0 Å². The second kappa shape index (κ2) is 7.02. The van der Waals surface area contributed by atoms with Crippen molar-refractivity contribution in [2.45, 2.75) is 19.9 Å². The molecule has 0 amide bonds. The lowest BCUT2D eigenvalue weighted by molar-refractivity contribution is 0.397. The number of rotatable bonds is 5. The van der Waals surface area contributed by atoms with Crippen LogP contribution in [0.5, 0.6) is 11.5 Å². The molecule has 0 saturated heterocycles. The van der Waals surface area contributed by atoms with Gasteiger partial charge in [0.25, 0.3) is 0 Å². The summed E-state index contributed by atoms with van der Waals surface area (Å²) in [5, 5.41) is 3.51. The van der Waals surface area contributed by atoms with Crippen molar-refractivity contribution in [3.8, 4) is 11.5 Å². The van der Waals surface area contributed by atoms with Crippen molar-refractivity contribution < 1.29 is 9.47 Å². The zero-order valence-electron chi connectivity index (χ0n) is 12.7. The van der Waals surface area contributed by atoms with Gasteiger partial charge in [0, 0.05) is 14.8 Å². The zero-order chi connectivity index (χ0) is 15.4. The van der Waals surface area contributed by atoms with Crippen LogP contribution in [0.2, 0.25) is 0 Å². The summed E-state index contributed by atoms with van der Waals surface area (Å²) >= 11 is 2.35.